The van der Waals surface area contributed by atoms with Gasteiger partial charge in [0, 0.05) is 29.3 Å². The van der Waals surface area contributed by atoms with E-state index < -0.39 is 23.9 Å². The van der Waals surface area contributed by atoms with Crippen molar-refractivity contribution < 1.29 is 22.7 Å². The molecule has 0 aliphatic carbocycles. The highest BCUT2D eigenvalue weighted by atomic mass is 35.5. The maximum absolute atomic E-state index is 13.1. The van der Waals surface area contributed by atoms with E-state index in [1.165, 1.54) is 18.3 Å². The summed E-state index contributed by atoms with van der Waals surface area (Å²) in [4.78, 5) is 12.7. The molecule has 1 atom stereocenters. The van der Waals surface area contributed by atoms with Gasteiger partial charge >= 0.3 is 6.18 Å². The summed E-state index contributed by atoms with van der Waals surface area (Å²) in [5, 5.41) is 7.19. The van der Waals surface area contributed by atoms with Gasteiger partial charge in [-0.1, -0.05) is 51.3 Å². The van der Waals surface area contributed by atoms with E-state index in [0.29, 0.717) is 27.7 Å². The van der Waals surface area contributed by atoms with Crippen LogP contribution in [0.5, 0.6) is 5.75 Å². The molecule has 0 aliphatic heterocycles. The Labute approximate surface area is 213 Å². The van der Waals surface area contributed by atoms with E-state index in [1.807, 2.05) is 13.8 Å². The summed E-state index contributed by atoms with van der Waals surface area (Å²) in [7, 11) is 1.71. The molecule has 3 aromatic rings. The van der Waals surface area contributed by atoms with Crippen LogP contribution in [-0.2, 0) is 13.2 Å². The second-order valence-corrected chi connectivity index (χ2v) is 9.75. The smallest absolute Gasteiger partial charge is 0.416 e. The molecule has 194 valence electrons. The van der Waals surface area contributed by atoms with Crippen LogP contribution < -0.4 is 15.8 Å². The minimum absolute atomic E-state index is 0.120. The number of aromatic nitrogens is 2. The van der Waals surface area contributed by atoms with E-state index in [2.05, 4.69) is 17.3 Å². The largest absolute Gasteiger partial charge is 0.474 e. The van der Waals surface area contributed by atoms with Crippen LogP contribution in [0.15, 0.2) is 48.7 Å². The monoisotopic (exact) mass is 522 g/mol. The zero-order valence-electron chi connectivity index (χ0n) is 20.6. The summed E-state index contributed by atoms with van der Waals surface area (Å²) >= 11 is 6.40. The zero-order valence-corrected chi connectivity index (χ0v) is 21.4. The molecule has 1 amide bonds. The fourth-order valence-electron chi connectivity index (χ4n) is 3.72. The Balaban J connectivity index is 1.95. The number of halogens is 4. The number of anilines is 1. The summed E-state index contributed by atoms with van der Waals surface area (Å²) in [6, 6.07) is 9.11. The summed E-state index contributed by atoms with van der Waals surface area (Å²) in [6.07, 6.45) is -0.780. The van der Waals surface area contributed by atoms with Gasteiger partial charge in [-0.3, -0.25) is 15.2 Å². The Morgan fingerprint density at radius 1 is 1.22 bits per heavy atom. The van der Waals surface area contributed by atoms with Crippen LogP contribution in [-0.4, -0.2) is 21.9 Å². The van der Waals surface area contributed by atoms with Crippen molar-refractivity contribution in [2.75, 3.05) is 5.32 Å². The van der Waals surface area contributed by atoms with Gasteiger partial charge in [0.1, 0.15) is 5.75 Å². The van der Waals surface area contributed by atoms with Crippen LogP contribution in [0.3, 0.4) is 0 Å². The van der Waals surface area contributed by atoms with Crippen LogP contribution in [0.25, 0.3) is 11.3 Å². The predicted molar refractivity (Wildman–Crippen MR) is 135 cm³/mol. The highest BCUT2D eigenvalue weighted by Crippen LogP contribution is 2.39. The van der Waals surface area contributed by atoms with Crippen molar-refractivity contribution in [3.8, 4) is 17.0 Å². The van der Waals surface area contributed by atoms with E-state index in [1.54, 1.807) is 29.9 Å². The molecule has 0 saturated carbocycles. The van der Waals surface area contributed by atoms with Gasteiger partial charge in [-0.15, -0.1) is 0 Å². The van der Waals surface area contributed by atoms with Crippen molar-refractivity contribution in [3.05, 3.63) is 64.8 Å². The average Bonchev–Trinajstić information content (AvgIpc) is 3.15. The number of hydrogen-bond acceptors (Lipinski definition) is 4. The first-order valence-corrected chi connectivity index (χ1v) is 11.9. The molecule has 0 bridgehead atoms. The van der Waals surface area contributed by atoms with Crippen LogP contribution >= 0.6 is 11.6 Å². The Morgan fingerprint density at radius 3 is 2.56 bits per heavy atom. The maximum atomic E-state index is 13.1. The third-order valence-corrected chi connectivity index (χ3v) is 6.31. The molecule has 6 nitrogen and oxygen atoms in total. The van der Waals surface area contributed by atoms with Crippen molar-refractivity contribution >= 4 is 23.2 Å². The van der Waals surface area contributed by atoms with Gasteiger partial charge in [0.25, 0.3) is 5.91 Å². The lowest BCUT2D eigenvalue weighted by atomic mass is 9.85. The standard InChI is InChI=1S/C26H30ClF3N4O2/c1-5-6-12-25(2,3)24(31)36-21-11-10-18(14-19(21)22-20(27)15-32-34(22)4)33-23(35)16-8-7-9-17(13-16)26(28,29)30/h7-11,13-15,24H,5-6,12,31H2,1-4H3,(H,33,35). The van der Waals surface area contributed by atoms with E-state index in [-0.39, 0.29) is 11.0 Å². The summed E-state index contributed by atoms with van der Waals surface area (Å²) < 4.78 is 47.0. The number of amides is 1. The number of hydrogen-bond donors (Lipinski definition) is 2. The van der Waals surface area contributed by atoms with Crippen molar-refractivity contribution in [1.29, 1.82) is 0 Å². The first-order valence-electron chi connectivity index (χ1n) is 11.6. The van der Waals surface area contributed by atoms with Crippen molar-refractivity contribution in [3.63, 3.8) is 0 Å². The number of carbonyl (C=O) groups excluding carboxylic acids is 1. The fraction of sp³-hybridized carbons (Fsp3) is 0.385. The first-order chi connectivity index (χ1) is 16.8. The number of nitrogens with zero attached hydrogens (tertiary/aromatic N) is 2. The maximum Gasteiger partial charge on any atom is 0.416 e. The predicted octanol–water partition coefficient (Wildman–Crippen LogP) is 6.89. The van der Waals surface area contributed by atoms with Crippen molar-refractivity contribution in [2.24, 2.45) is 18.2 Å². The van der Waals surface area contributed by atoms with E-state index >= 15 is 0 Å². The quantitative estimate of drug-likeness (QED) is 0.300. The molecule has 2 aromatic carbocycles. The number of nitrogens with two attached hydrogens (primary N) is 1. The SMILES string of the molecule is CCCCC(C)(C)C(N)Oc1ccc(NC(=O)c2cccc(C(F)(F)F)c2)cc1-c1c(Cl)cnn1C. The lowest BCUT2D eigenvalue weighted by Crippen LogP contribution is -2.42. The minimum Gasteiger partial charge on any atom is -0.474 e. The lowest BCUT2D eigenvalue weighted by molar-refractivity contribution is -0.137. The average molecular weight is 523 g/mol. The highest BCUT2D eigenvalue weighted by Gasteiger charge is 2.31. The number of benzene rings is 2. The molecule has 36 heavy (non-hydrogen) atoms. The van der Waals surface area contributed by atoms with Crippen molar-refractivity contribution in [1.82, 2.24) is 9.78 Å². The van der Waals surface area contributed by atoms with Gasteiger partial charge in [-0.25, -0.2) is 0 Å². The minimum atomic E-state index is -4.55. The van der Waals surface area contributed by atoms with Gasteiger partial charge in [-0.05, 0) is 42.8 Å². The van der Waals surface area contributed by atoms with Gasteiger partial charge in [-0.2, -0.15) is 18.3 Å². The van der Waals surface area contributed by atoms with Crippen LogP contribution in [0.4, 0.5) is 18.9 Å². The molecule has 1 aromatic heterocycles. The Kier molecular flexibility index (Phi) is 8.36. The molecule has 3 rings (SSSR count). The molecule has 10 heteroatoms. The van der Waals surface area contributed by atoms with E-state index in [9.17, 15) is 18.0 Å². The number of aryl methyl sites for hydroxylation is 1. The first kappa shape index (κ1) is 27.5. The highest BCUT2D eigenvalue weighted by molar-refractivity contribution is 6.33. The second kappa shape index (κ2) is 10.9. The summed E-state index contributed by atoms with van der Waals surface area (Å²) in [6.45, 7) is 6.18. The molecule has 0 spiro atoms. The number of rotatable bonds is 9. The number of alkyl halides is 3. The second-order valence-electron chi connectivity index (χ2n) is 9.34. The molecule has 0 aliphatic rings. The van der Waals surface area contributed by atoms with E-state index in [0.717, 1.165) is 31.4 Å². The molecule has 0 saturated heterocycles. The number of ether oxygens (including phenoxy) is 1. The number of carbonyl (C=O) groups is 1. The Bertz CT molecular complexity index is 1200. The van der Waals surface area contributed by atoms with Gasteiger partial charge < -0.3 is 10.1 Å². The third kappa shape index (κ3) is 6.39. The normalized spacial score (nSPS) is 12.9. The third-order valence-electron chi connectivity index (χ3n) is 6.04. The molecule has 1 unspecified atom stereocenters. The van der Waals surface area contributed by atoms with Gasteiger partial charge in [0.05, 0.1) is 22.5 Å². The van der Waals surface area contributed by atoms with E-state index in [4.69, 9.17) is 22.1 Å². The Hall–Kier alpha value is -3.04. The lowest BCUT2D eigenvalue weighted by Gasteiger charge is -2.32. The summed E-state index contributed by atoms with van der Waals surface area (Å²) in [5.74, 6) is -0.246. The van der Waals surface area contributed by atoms with Gasteiger partial charge in [0.2, 0.25) is 0 Å². The molecule has 0 radical (unpaired) electrons. The number of nitrogens with one attached hydrogen (secondary N) is 1. The Morgan fingerprint density at radius 2 is 1.94 bits per heavy atom. The molecule has 1 heterocycles. The molecule has 3 N–H and O–H groups in total. The van der Waals surface area contributed by atoms with Gasteiger partial charge in [0.15, 0.2) is 6.23 Å². The zero-order chi connectivity index (χ0) is 26.7. The van der Waals surface area contributed by atoms with Crippen LogP contribution in [0, 0.1) is 5.41 Å². The topological polar surface area (TPSA) is 82.2 Å². The number of unbranched alkanes of at least 4 members (excludes halogenated alkanes) is 1. The van der Waals surface area contributed by atoms with Crippen LogP contribution in [0.1, 0.15) is 56.0 Å². The van der Waals surface area contributed by atoms with Crippen molar-refractivity contribution in [2.45, 2.75) is 52.4 Å². The summed E-state index contributed by atoms with van der Waals surface area (Å²) in [5.41, 5.74) is 6.52. The molecular weight excluding hydrogens is 493 g/mol. The molecular formula is C26H30ClF3N4O2. The molecule has 0 fully saturated rings. The fourth-order valence-corrected chi connectivity index (χ4v) is 3.99. The van der Waals surface area contributed by atoms with Crippen LogP contribution in [0.2, 0.25) is 5.02 Å².